The van der Waals surface area contributed by atoms with Crippen LogP contribution in [0.2, 0.25) is 0 Å². The van der Waals surface area contributed by atoms with Gasteiger partial charge in [0.2, 0.25) is 0 Å². The first kappa shape index (κ1) is 9.52. The van der Waals surface area contributed by atoms with Gasteiger partial charge in [-0.05, 0) is 28.1 Å². The van der Waals surface area contributed by atoms with Gasteiger partial charge >= 0.3 is 0 Å². The van der Waals surface area contributed by atoms with Crippen molar-refractivity contribution in [3.8, 4) is 5.75 Å². The van der Waals surface area contributed by atoms with E-state index in [1.807, 2.05) is 29.3 Å². The Labute approximate surface area is 91.5 Å². The van der Waals surface area contributed by atoms with Crippen molar-refractivity contribution in [1.29, 1.82) is 0 Å². The number of hydrogen-bond acceptors (Lipinski definition) is 3. The summed E-state index contributed by atoms with van der Waals surface area (Å²) < 4.78 is 6.15. The predicted molar refractivity (Wildman–Crippen MR) is 61.3 cm³/mol. The average Bonchev–Trinajstić information content (AvgIpc) is 2.65. The highest BCUT2D eigenvalue weighted by Gasteiger charge is 2.13. The zero-order valence-electron chi connectivity index (χ0n) is 7.90. The van der Waals surface area contributed by atoms with E-state index < -0.39 is 0 Å². The highest BCUT2D eigenvalue weighted by atomic mass is 79.9. The highest BCUT2D eigenvalue weighted by molar-refractivity contribution is 9.18. The summed E-state index contributed by atoms with van der Waals surface area (Å²) in [6.07, 6.45) is 0.969. The summed E-state index contributed by atoms with van der Waals surface area (Å²) in [4.78, 5) is 0. The van der Waals surface area contributed by atoms with Crippen molar-refractivity contribution in [2.75, 3.05) is 18.7 Å². The molecule has 1 aromatic rings. The largest absolute Gasteiger partial charge is 0.497 e. The third kappa shape index (κ3) is 1.90. The number of benzene rings is 1. The normalized spacial score (nSPS) is 15.6. The first-order valence-electron chi connectivity index (χ1n) is 4.44. The molecule has 1 aliphatic heterocycles. The Balaban J connectivity index is 2.24. The molecule has 0 saturated heterocycles. The van der Waals surface area contributed by atoms with Crippen molar-refractivity contribution >= 4 is 26.2 Å². The van der Waals surface area contributed by atoms with Gasteiger partial charge < -0.3 is 4.74 Å². The van der Waals surface area contributed by atoms with Gasteiger partial charge in [-0.2, -0.15) is 5.10 Å². The molecular formula is C10H11BrN2O. The summed E-state index contributed by atoms with van der Waals surface area (Å²) in [5, 5.41) is 6.31. The lowest BCUT2D eigenvalue weighted by atomic mass is 10.3. The molecule has 0 unspecified atom stereocenters. The second-order valence-electron chi connectivity index (χ2n) is 3.05. The maximum absolute atomic E-state index is 5.15. The van der Waals surface area contributed by atoms with E-state index in [0.717, 1.165) is 29.0 Å². The van der Waals surface area contributed by atoms with E-state index in [2.05, 4.69) is 21.0 Å². The van der Waals surface area contributed by atoms with E-state index in [4.69, 9.17) is 4.74 Å². The SMILES string of the molecule is COc1cccc(N2CCC(Br)=N2)c1. The van der Waals surface area contributed by atoms with Crippen LogP contribution in [0, 0.1) is 0 Å². The second-order valence-corrected chi connectivity index (χ2v) is 3.97. The standard InChI is InChI=1S/C10H11BrN2O/c1-14-9-4-2-3-8(7-9)13-6-5-10(11)12-13/h2-4,7H,5-6H2,1H3. The summed E-state index contributed by atoms with van der Waals surface area (Å²) in [5.74, 6) is 0.862. The fraction of sp³-hybridized carbons (Fsp3) is 0.300. The van der Waals surface area contributed by atoms with Gasteiger partial charge in [-0.15, -0.1) is 0 Å². The number of halogens is 1. The molecule has 2 rings (SSSR count). The summed E-state index contributed by atoms with van der Waals surface area (Å²) in [6, 6.07) is 7.90. The van der Waals surface area contributed by atoms with Crippen LogP contribution < -0.4 is 9.75 Å². The third-order valence-electron chi connectivity index (χ3n) is 2.11. The van der Waals surface area contributed by atoms with Crippen LogP contribution >= 0.6 is 15.9 Å². The lowest BCUT2D eigenvalue weighted by molar-refractivity contribution is 0.415. The van der Waals surface area contributed by atoms with Crippen LogP contribution in [-0.2, 0) is 0 Å². The molecular weight excluding hydrogens is 244 g/mol. The van der Waals surface area contributed by atoms with Gasteiger partial charge in [-0.3, -0.25) is 5.01 Å². The Morgan fingerprint density at radius 3 is 3.00 bits per heavy atom. The Bertz CT molecular complexity index is 365. The fourth-order valence-corrected chi connectivity index (χ4v) is 1.76. The first-order valence-corrected chi connectivity index (χ1v) is 5.23. The van der Waals surface area contributed by atoms with Crippen molar-refractivity contribution in [3.63, 3.8) is 0 Å². The van der Waals surface area contributed by atoms with Crippen molar-refractivity contribution in [2.24, 2.45) is 5.10 Å². The lowest BCUT2D eigenvalue weighted by Gasteiger charge is -2.13. The average molecular weight is 255 g/mol. The number of hydrogen-bond donors (Lipinski definition) is 0. The lowest BCUT2D eigenvalue weighted by Crippen LogP contribution is -2.11. The number of nitrogens with zero attached hydrogens (tertiary/aromatic N) is 2. The Kier molecular flexibility index (Phi) is 2.72. The van der Waals surface area contributed by atoms with Crippen LogP contribution in [-0.4, -0.2) is 18.3 Å². The minimum atomic E-state index is 0.862. The van der Waals surface area contributed by atoms with Crippen LogP contribution in [0.1, 0.15) is 6.42 Å². The molecule has 0 aliphatic carbocycles. The zero-order valence-corrected chi connectivity index (χ0v) is 9.49. The minimum absolute atomic E-state index is 0.862. The van der Waals surface area contributed by atoms with Crippen LogP contribution in [0.3, 0.4) is 0 Å². The van der Waals surface area contributed by atoms with Crippen molar-refractivity contribution in [2.45, 2.75) is 6.42 Å². The second kappa shape index (κ2) is 4.00. The first-order chi connectivity index (χ1) is 6.79. The molecule has 1 aromatic carbocycles. The highest BCUT2D eigenvalue weighted by Crippen LogP contribution is 2.24. The summed E-state index contributed by atoms with van der Waals surface area (Å²) in [5.41, 5.74) is 1.07. The minimum Gasteiger partial charge on any atom is -0.497 e. The molecule has 1 aliphatic rings. The van der Waals surface area contributed by atoms with E-state index in [1.165, 1.54) is 0 Å². The van der Waals surface area contributed by atoms with Crippen LogP contribution in [0.4, 0.5) is 5.69 Å². The van der Waals surface area contributed by atoms with Crippen LogP contribution in [0.15, 0.2) is 29.4 Å². The van der Waals surface area contributed by atoms with E-state index in [9.17, 15) is 0 Å². The van der Waals surface area contributed by atoms with Crippen LogP contribution in [0.5, 0.6) is 5.75 Å². The van der Waals surface area contributed by atoms with E-state index in [-0.39, 0.29) is 0 Å². The molecule has 0 saturated carbocycles. The summed E-state index contributed by atoms with van der Waals surface area (Å²) in [6.45, 7) is 0.924. The molecule has 14 heavy (non-hydrogen) atoms. The van der Waals surface area contributed by atoms with Gasteiger partial charge in [-0.1, -0.05) is 6.07 Å². The maximum atomic E-state index is 5.15. The molecule has 1 heterocycles. The molecule has 0 amide bonds. The molecule has 0 aromatic heterocycles. The van der Waals surface area contributed by atoms with E-state index in [0.29, 0.717) is 0 Å². The molecule has 0 atom stereocenters. The van der Waals surface area contributed by atoms with Gasteiger partial charge in [0.1, 0.15) is 10.4 Å². The van der Waals surface area contributed by atoms with Gasteiger partial charge in [0.15, 0.2) is 0 Å². The topological polar surface area (TPSA) is 24.8 Å². The molecule has 3 nitrogen and oxygen atoms in total. The quantitative estimate of drug-likeness (QED) is 0.811. The molecule has 0 spiro atoms. The van der Waals surface area contributed by atoms with Gasteiger partial charge in [0, 0.05) is 19.0 Å². The molecule has 0 fully saturated rings. The number of ether oxygens (including phenoxy) is 1. The fourth-order valence-electron chi connectivity index (χ4n) is 1.39. The van der Waals surface area contributed by atoms with Gasteiger partial charge in [0.05, 0.1) is 12.8 Å². The molecule has 0 N–H and O–H groups in total. The number of hydrazone groups is 1. The Hall–Kier alpha value is -1.03. The van der Waals surface area contributed by atoms with Crippen LogP contribution in [0.25, 0.3) is 0 Å². The molecule has 0 radical (unpaired) electrons. The zero-order chi connectivity index (χ0) is 9.97. The number of methoxy groups -OCH3 is 1. The summed E-state index contributed by atoms with van der Waals surface area (Å²) >= 11 is 3.39. The maximum Gasteiger partial charge on any atom is 0.120 e. The molecule has 74 valence electrons. The monoisotopic (exact) mass is 254 g/mol. The Morgan fingerprint density at radius 2 is 2.36 bits per heavy atom. The Morgan fingerprint density at radius 1 is 1.50 bits per heavy atom. The van der Waals surface area contributed by atoms with Crippen molar-refractivity contribution in [3.05, 3.63) is 24.3 Å². The number of rotatable bonds is 2. The van der Waals surface area contributed by atoms with E-state index >= 15 is 0 Å². The molecule has 0 bridgehead atoms. The predicted octanol–water partition coefficient (Wildman–Crippen LogP) is 2.61. The summed E-state index contributed by atoms with van der Waals surface area (Å²) in [7, 11) is 1.67. The van der Waals surface area contributed by atoms with Crippen molar-refractivity contribution < 1.29 is 4.74 Å². The number of anilines is 1. The van der Waals surface area contributed by atoms with Gasteiger partial charge in [0.25, 0.3) is 0 Å². The smallest absolute Gasteiger partial charge is 0.120 e. The van der Waals surface area contributed by atoms with Gasteiger partial charge in [-0.25, -0.2) is 0 Å². The third-order valence-corrected chi connectivity index (χ3v) is 2.67. The van der Waals surface area contributed by atoms with E-state index in [1.54, 1.807) is 7.11 Å². The van der Waals surface area contributed by atoms with Crippen molar-refractivity contribution in [1.82, 2.24) is 0 Å². The molecule has 4 heteroatoms.